The fourth-order valence-electron chi connectivity index (χ4n) is 1.43. The van der Waals surface area contributed by atoms with Crippen LogP contribution < -0.4 is 5.32 Å². The molecule has 0 radical (unpaired) electrons. The number of carbonyl (C=O) groups is 1. The summed E-state index contributed by atoms with van der Waals surface area (Å²) in [5.74, 6) is -1.53. The Bertz CT molecular complexity index is 494. The average molecular weight is 291 g/mol. The summed E-state index contributed by atoms with van der Waals surface area (Å²) in [6, 6.07) is 0.0253. The van der Waals surface area contributed by atoms with Gasteiger partial charge in [-0.2, -0.15) is 13.2 Å². The fourth-order valence-corrected chi connectivity index (χ4v) is 1.43. The van der Waals surface area contributed by atoms with E-state index < -0.39 is 18.0 Å². The molecule has 112 valence electrons. The molecule has 1 aromatic heterocycles. The number of rotatable bonds is 4. The number of anilines is 1. The van der Waals surface area contributed by atoms with E-state index in [2.05, 4.69) is 21.6 Å². The predicted octanol–water partition coefficient (Wildman–Crippen LogP) is 3.72. The van der Waals surface area contributed by atoms with E-state index in [4.69, 9.17) is 0 Å². The van der Waals surface area contributed by atoms with Crippen LogP contribution in [0.15, 0.2) is 22.9 Å². The van der Waals surface area contributed by atoms with Gasteiger partial charge in [0.25, 0.3) is 0 Å². The second kappa shape index (κ2) is 5.98. The van der Waals surface area contributed by atoms with E-state index >= 15 is 0 Å². The molecule has 8 heteroatoms. The molecular formula is C12H16F3N3O2. The van der Waals surface area contributed by atoms with Crippen molar-refractivity contribution in [3.05, 3.63) is 24.1 Å². The highest BCUT2D eigenvalue weighted by Crippen LogP contribution is 2.30. The first-order valence-electron chi connectivity index (χ1n) is 5.98. The highest BCUT2D eigenvalue weighted by atomic mass is 19.4. The Labute approximate surface area is 114 Å². The second-order valence-corrected chi connectivity index (χ2v) is 4.39. The summed E-state index contributed by atoms with van der Waals surface area (Å²) in [4.78, 5) is 13.3. The van der Waals surface area contributed by atoms with E-state index in [0.717, 1.165) is 0 Å². The number of nitrogens with one attached hydrogen (secondary N) is 1. The quantitative estimate of drug-likeness (QED) is 0.919. The lowest BCUT2D eigenvalue weighted by molar-refractivity contribution is -0.155. The van der Waals surface area contributed by atoms with Crippen LogP contribution in [-0.4, -0.2) is 22.6 Å². The van der Waals surface area contributed by atoms with Gasteiger partial charge in [-0.3, -0.25) is 10.2 Å². The van der Waals surface area contributed by atoms with E-state index in [1.807, 2.05) is 13.8 Å². The average Bonchev–Trinajstić information content (AvgIpc) is 2.77. The summed E-state index contributed by atoms with van der Waals surface area (Å²) < 4.78 is 41.1. The van der Waals surface area contributed by atoms with Gasteiger partial charge in [0.05, 0.1) is 0 Å². The third-order valence-corrected chi connectivity index (χ3v) is 2.60. The van der Waals surface area contributed by atoms with Gasteiger partial charge in [-0.05, 0) is 12.8 Å². The van der Waals surface area contributed by atoms with Crippen molar-refractivity contribution >= 4 is 11.8 Å². The lowest BCUT2D eigenvalue weighted by atomic mass is 10.1. The summed E-state index contributed by atoms with van der Waals surface area (Å²) in [6.45, 7) is 9.56. The molecule has 0 atom stereocenters. The van der Waals surface area contributed by atoms with Crippen LogP contribution in [0.4, 0.5) is 23.8 Å². The number of urea groups is 1. The maximum Gasteiger partial charge on any atom is 0.452 e. The molecule has 1 rings (SSSR count). The Morgan fingerprint density at radius 1 is 1.55 bits per heavy atom. The van der Waals surface area contributed by atoms with Crippen LogP contribution in [0.1, 0.15) is 26.5 Å². The Morgan fingerprint density at radius 3 is 2.55 bits per heavy atom. The zero-order valence-corrected chi connectivity index (χ0v) is 11.4. The molecule has 0 spiro atoms. The van der Waals surface area contributed by atoms with E-state index in [9.17, 15) is 18.0 Å². The molecule has 5 nitrogen and oxygen atoms in total. The molecule has 0 bridgehead atoms. The molecule has 0 fully saturated rings. The van der Waals surface area contributed by atoms with Crippen LogP contribution >= 0.6 is 0 Å². The number of alkyl halides is 3. The molecule has 0 aliphatic carbocycles. The van der Waals surface area contributed by atoms with Gasteiger partial charge in [0.2, 0.25) is 5.76 Å². The molecule has 0 aliphatic heterocycles. The molecular weight excluding hydrogens is 275 g/mol. The van der Waals surface area contributed by atoms with Crippen molar-refractivity contribution in [1.82, 2.24) is 10.1 Å². The molecule has 0 saturated heterocycles. The predicted molar refractivity (Wildman–Crippen MR) is 66.9 cm³/mol. The van der Waals surface area contributed by atoms with Crippen molar-refractivity contribution < 1.29 is 22.5 Å². The van der Waals surface area contributed by atoms with Crippen LogP contribution in [0.25, 0.3) is 0 Å². The smallest absolute Gasteiger partial charge is 0.349 e. The van der Waals surface area contributed by atoms with Crippen molar-refractivity contribution in [3.63, 3.8) is 0 Å². The molecule has 1 N–H and O–H groups in total. The van der Waals surface area contributed by atoms with Crippen LogP contribution in [0, 0.1) is 5.92 Å². The standard InChI is InChI=1S/C12H16F3N3O2/c1-5-18(8(4)7(2)3)11(19)16-10-6-9(20-17-10)12(13,14)15/h6-7H,4-5H2,1-3H3,(H,16,17,19). The summed E-state index contributed by atoms with van der Waals surface area (Å²) >= 11 is 0. The Morgan fingerprint density at radius 2 is 2.15 bits per heavy atom. The number of amides is 2. The van der Waals surface area contributed by atoms with Gasteiger partial charge in [0, 0.05) is 18.3 Å². The molecule has 1 aromatic rings. The zero-order chi connectivity index (χ0) is 15.5. The van der Waals surface area contributed by atoms with Gasteiger partial charge >= 0.3 is 12.2 Å². The lowest BCUT2D eigenvalue weighted by Gasteiger charge is -2.25. The first-order chi connectivity index (χ1) is 9.16. The SMILES string of the molecule is C=C(C(C)C)N(CC)C(=O)Nc1cc(C(F)(F)F)on1. The van der Waals surface area contributed by atoms with E-state index in [0.29, 0.717) is 18.3 Å². The van der Waals surface area contributed by atoms with Gasteiger partial charge in [0.15, 0.2) is 5.82 Å². The number of carbonyl (C=O) groups excluding carboxylic acids is 1. The topological polar surface area (TPSA) is 58.4 Å². The van der Waals surface area contributed by atoms with Gasteiger partial charge in [-0.25, -0.2) is 4.79 Å². The number of nitrogens with zero attached hydrogens (tertiary/aromatic N) is 2. The van der Waals surface area contributed by atoms with E-state index in [-0.39, 0.29) is 11.7 Å². The third-order valence-electron chi connectivity index (χ3n) is 2.60. The normalized spacial score (nSPS) is 11.6. The molecule has 0 aromatic carbocycles. The minimum absolute atomic E-state index is 0.0312. The third kappa shape index (κ3) is 3.75. The number of hydrogen-bond acceptors (Lipinski definition) is 3. The van der Waals surface area contributed by atoms with Gasteiger partial charge in [0.1, 0.15) is 0 Å². The second-order valence-electron chi connectivity index (χ2n) is 4.39. The van der Waals surface area contributed by atoms with Gasteiger partial charge in [-0.15, -0.1) is 0 Å². The first-order valence-corrected chi connectivity index (χ1v) is 5.98. The lowest BCUT2D eigenvalue weighted by Crippen LogP contribution is -2.35. The molecule has 1 heterocycles. The number of halogens is 3. The number of aromatic nitrogens is 1. The Hall–Kier alpha value is -1.99. The monoisotopic (exact) mass is 291 g/mol. The van der Waals surface area contributed by atoms with Crippen molar-refractivity contribution in [3.8, 4) is 0 Å². The highest BCUT2D eigenvalue weighted by Gasteiger charge is 2.36. The van der Waals surface area contributed by atoms with Crippen LogP contribution in [0.2, 0.25) is 0 Å². The molecule has 0 aliphatic rings. The van der Waals surface area contributed by atoms with E-state index in [1.54, 1.807) is 6.92 Å². The van der Waals surface area contributed by atoms with Crippen molar-refractivity contribution in [2.75, 3.05) is 11.9 Å². The molecule has 20 heavy (non-hydrogen) atoms. The van der Waals surface area contributed by atoms with Crippen LogP contribution in [-0.2, 0) is 6.18 Å². The van der Waals surface area contributed by atoms with Crippen LogP contribution in [0.5, 0.6) is 0 Å². The maximum absolute atomic E-state index is 12.3. The molecule has 0 unspecified atom stereocenters. The summed E-state index contributed by atoms with van der Waals surface area (Å²) in [7, 11) is 0. The zero-order valence-electron chi connectivity index (χ0n) is 11.4. The van der Waals surface area contributed by atoms with Crippen molar-refractivity contribution in [2.24, 2.45) is 5.92 Å². The summed E-state index contributed by atoms with van der Waals surface area (Å²) in [6.07, 6.45) is -4.64. The van der Waals surface area contributed by atoms with Crippen molar-refractivity contribution in [1.29, 1.82) is 0 Å². The Balaban J connectivity index is 2.79. The van der Waals surface area contributed by atoms with Crippen LogP contribution in [0.3, 0.4) is 0 Å². The Kier molecular flexibility index (Phi) is 4.80. The van der Waals surface area contributed by atoms with Gasteiger partial charge < -0.3 is 4.52 Å². The molecule has 0 saturated carbocycles. The largest absolute Gasteiger partial charge is 0.452 e. The number of hydrogen-bond donors (Lipinski definition) is 1. The van der Waals surface area contributed by atoms with Gasteiger partial charge in [-0.1, -0.05) is 25.6 Å². The van der Waals surface area contributed by atoms with E-state index in [1.165, 1.54) is 4.90 Å². The summed E-state index contributed by atoms with van der Waals surface area (Å²) in [5.41, 5.74) is 0.560. The van der Waals surface area contributed by atoms with Crippen molar-refractivity contribution in [2.45, 2.75) is 26.9 Å². The first kappa shape index (κ1) is 16.1. The minimum Gasteiger partial charge on any atom is -0.349 e. The summed E-state index contributed by atoms with van der Waals surface area (Å²) in [5, 5.41) is 5.40. The number of allylic oxidation sites excluding steroid dienone is 1. The highest BCUT2D eigenvalue weighted by molar-refractivity contribution is 5.89. The molecule has 2 amide bonds. The fraction of sp³-hybridized carbons (Fsp3) is 0.500. The minimum atomic E-state index is -4.64. The maximum atomic E-state index is 12.3.